The van der Waals surface area contributed by atoms with Gasteiger partial charge in [-0.15, -0.1) is 22.7 Å². The van der Waals surface area contributed by atoms with E-state index in [-0.39, 0.29) is 0 Å². The predicted octanol–water partition coefficient (Wildman–Crippen LogP) is 3.92. The van der Waals surface area contributed by atoms with E-state index in [1.807, 2.05) is 22.9 Å². The van der Waals surface area contributed by atoms with Crippen LogP contribution in [0.1, 0.15) is 40.7 Å². The van der Waals surface area contributed by atoms with Crippen molar-refractivity contribution in [2.75, 3.05) is 0 Å². The van der Waals surface area contributed by atoms with Gasteiger partial charge >= 0.3 is 0 Å². The Morgan fingerprint density at radius 1 is 1.25 bits per heavy atom. The molecule has 2 aromatic rings. The summed E-state index contributed by atoms with van der Waals surface area (Å²) in [5.74, 6) is 0. The van der Waals surface area contributed by atoms with E-state index in [0.29, 0.717) is 12.1 Å². The van der Waals surface area contributed by atoms with Gasteiger partial charge in [-0.3, -0.25) is 0 Å². The second-order valence-electron chi connectivity index (χ2n) is 3.93. The zero-order valence-electron chi connectivity index (χ0n) is 9.73. The minimum absolute atomic E-state index is 0.317. The van der Waals surface area contributed by atoms with Crippen molar-refractivity contribution in [1.29, 1.82) is 0 Å². The topological polar surface area (TPSA) is 24.9 Å². The molecule has 4 heteroatoms. The van der Waals surface area contributed by atoms with Gasteiger partial charge in [0.05, 0.1) is 6.04 Å². The van der Waals surface area contributed by atoms with E-state index in [1.54, 1.807) is 11.3 Å². The summed E-state index contributed by atoms with van der Waals surface area (Å²) in [6.45, 7) is 6.51. The molecule has 0 aliphatic rings. The quantitative estimate of drug-likeness (QED) is 0.892. The van der Waals surface area contributed by atoms with Crippen LogP contribution in [0.2, 0.25) is 0 Å². The zero-order chi connectivity index (χ0) is 11.5. The molecule has 0 saturated carbocycles. The highest BCUT2D eigenvalue weighted by Gasteiger charge is 2.13. The number of aryl methyl sites for hydroxylation is 1. The van der Waals surface area contributed by atoms with Crippen LogP contribution in [0.5, 0.6) is 0 Å². The van der Waals surface area contributed by atoms with Crippen LogP contribution in [0.15, 0.2) is 23.7 Å². The van der Waals surface area contributed by atoms with Crippen molar-refractivity contribution in [2.24, 2.45) is 0 Å². The van der Waals surface area contributed by atoms with Gasteiger partial charge in [0.2, 0.25) is 0 Å². The van der Waals surface area contributed by atoms with Gasteiger partial charge in [0.1, 0.15) is 5.01 Å². The number of nitrogens with one attached hydrogen (secondary N) is 1. The first-order chi connectivity index (χ1) is 7.66. The Hall–Kier alpha value is -0.710. The first-order valence-electron chi connectivity index (χ1n) is 5.38. The molecule has 0 aromatic carbocycles. The number of aromatic nitrogens is 1. The van der Waals surface area contributed by atoms with Gasteiger partial charge in [-0.25, -0.2) is 4.98 Å². The molecule has 0 amide bonds. The number of hydrogen-bond donors (Lipinski definition) is 1. The molecule has 0 spiro atoms. The van der Waals surface area contributed by atoms with Crippen molar-refractivity contribution >= 4 is 22.7 Å². The van der Waals surface area contributed by atoms with Crippen molar-refractivity contribution in [2.45, 2.75) is 32.9 Å². The van der Waals surface area contributed by atoms with Crippen molar-refractivity contribution in [3.63, 3.8) is 0 Å². The molecule has 86 valence electrons. The molecule has 0 saturated heterocycles. The first kappa shape index (κ1) is 11.8. The van der Waals surface area contributed by atoms with Gasteiger partial charge in [0.25, 0.3) is 0 Å². The fourth-order valence-electron chi connectivity index (χ4n) is 1.66. The monoisotopic (exact) mass is 252 g/mol. The summed E-state index contributed by atoms with van der Waals surface area (Å²) in [5, 5.41) is 6.74. The first-order valence-corrected chi connectivity index (χ1v) is 7.08. The van der Waals surface area contributed by atoms with Crippen LogP contribution >= 0.6 is 22.7 Å². The number of hydrogen-bond acceptors (Lipinski definition) is 4. The molecule has 2 rings (SSSR count). The summed E-state index contributed by atoms with van der Waals surface area (Å²) >= 11 is 3.56. The molecule has 1 N–H and O–H groups in total. The molecule has 2 atom stereocenters. The highest BCUT2D eigenvalue weighted by atomic mass is 32.1. The maximum absolute atomic E-state index is 4.33. The molecule has 0 aliphatic heterocycles. The number of thiazole rings is 1. The van der Waals surface area contributed by atoms with Crippen molar-refractivity contribution in [1.82, 2.24) is 10.3 Å². The second kappa shape index (κ2) is 5.08. The van der Waals surface area contributed by atoms with Gasteiger partial charge in [-0.1, -0.05) is 0 Å². The van der Waals surface area contributed by atoms with Gasteiger partial charge in [0, 0.05) is 27.4 Å². The molecular weight excluding hydrogens is 236 g/mol. The molecule has 0 fully saturated rings. The van der Waals surface area contributed by atoms with Crippen LogP contribution in [0, 0.1) is 6.92 Å². The number of rotatable bonds is 4. The zero-order valence-corrected chi connectivity index (χ0v) is 11.4. The van der Waals surface area contributed by atoms with E-state index in [0.717, 1.165) is 5.01 Å². The molecule has 2 aromatic heterocycles. The molecular formula is C12H16N2S2. The second-order valence-corrected chi connectivity index (χ2v) is 6.17. The highest BCUT2D eigenvalue weighted by Crippen LogP contribution is 2.25. The van der Waals surface area contributed by atoms with Crippen LogP contribution < -0.4 is 5.32 Å². The maximum atomic E-state index is 4.33. The Balaban J connectivity index is 2.00. The van der Waals surface area contributed by atoms with Gasteiger partial charge in [-0.2, -0.15) is 0 Å². The molecule has 0 aliphatic carbocycles. The standard InChI is InChI=1S/C12H16N2S2/c1-8-4-5-11(16-8)9(2)14-10(3)12-13-6-7-15-12/h4-7,9-10,14H,1-3H3. The summed E-state index contributed by atoms with van der Waals surface area (Å²) in [6.07, 6.45) is 1.86. The Labute approximate surface area is 104 Å². The number of nitrogens with zero attached hydrogens (tertiary/aromatic N) is 1. The van der Waals surface area contributed by atoms with Crippen LogP contribution in [0.3, 0.4) is 0 Å². The molecule has 0 radical (unpaired) electrons. The van der Waals surface area contributed by atoms with E-state index in [2.05, 4.69) is 43.2 Å². The third-order valence-electron chi connectivity index (χ3n) is 2.51. The molecule has 2 heterocycles. The van der Waals surface area contributed by atoms with E-state index in [9.17, 15) is 0 Å². The van der Waals surface area contributed by atoms with Gasteiger partial charge in [0.15, 0.2) is 0 Å². The van der Waals surface area contributed by atoms with Crippen LogP contribution in [0.4, 0.5) is 0 Å². The summed E-state index contributed by atoms with van der Waals surface area (Å²) in [7, 11) is 0. The lowest BCUT2D eigenvalue weighted by molar-refractivity contribution is 0.498. The smallest absolute Gasteiger partial charge is 0.109 e. The minimum Gasteiger partial charge on any atom is -0.301 e. The Morgan fingerprint density at radius 2 is 2.06 bits per heavy atom. The third kappa shape index (κ3) is 2.70. The molecule has 2 nitrogen and oxygen atoms in total. The average Bonchev–Trinajstić information content (AvgIpc) is 2.87. The highest BCUT2D eigenvalue weighted by molar-refractivity contribution is 7.12. The Bertz CT molecular complexity index is 434. The molecule has 16 heavy (non-hydrogen) atoms. The third-order valence-corrected chi connectivity index (χ3v) is 4.65. The predicted molar refractivity (Wildman–Crippen MR) is 71.1 cm³/mol. The number of thiophene rings is 1. The maximum Gasteiger partial charge on any atom is 0.109 e. The lowest BCUT2D eigenvalue weighted by atomic mass is 10.2. The summed E-state index contributed by atoms with van der Waals surface area (Å²) < 4.78 is 0. The van der Waals surface area contributed by atoms with E-state index in [4.69, 9.17) is 0 Å². The SMILES string of the molecule is Cc1ccc(C(C)NC(C)c2nccs2)s1. The summed E-state index contributed by atoms with van der Waals surface area (Å²) in [6, 6.07) is 5.08. The van der Waals surface area contributed by atoms with E-state index >= 15 is 0 Å². The van der Waals surface area contributed by atoms with Crippen molar-refractivity contribution in [3.05, 3.63) is 38.5 Å². The van der Waals surface area contributed by atoms with E-state index < -0.39 is 0 Å². The van der Waals surface area contributed by atoms with Gasteiger partial charge < -0.3 is 5.32 Å². The fraction of sp³-hybridized carbons (Fsp3) is 0.417. The van der Waals surface area contributed by atoms with Gasteiger partial charge in [-0.05, 0) is 32.9 Å². The average molecular weight is 252 g/mol. The fourth-order valence-corrected chi connectivity index (χ4v) is 3.21. The Morgan fingerprint density at radius 3 is 2.62 bits per heavy atom. The van der Waals surface area contributed by atoms with Crippen molar-refractivity contribution in [3.8, 4) is 0 Å². The normalized spacial score (nSPS) is 14.9. The minimum atomic E-state index is 0.317. The van der Waals surface area contributed by atoms with Crippen LogP contribution in [-0.2, 0) is 0 Å². The van der Waals surface area contributed by atoms with Crippen LogP contribution in [0.25, 0.3) is 0 Å². The largest absolute Gasteiger partial charge is 0.301 e. The molecule has 0 bridgehead atoms. The van der Waals surface area contributed by atoms with Crippen LogP contribution in [-0.4, -0.2) is 4.98 Å². The lowest BCUT2D eigenvalue weighted by Crippen LogP contribution is -2.21. The Kier molecular flexibility index (Phi) is 3.74. The molecule has 2 unspecified atom stereocenters. The van der Waals surface area contributed by atoms with Crippen molar-refractivity contribution < 1.29 is 0 Å². The lowest BCUT2D eigenvalue weighted by Gasteiger charge is -2.17. The van der Waals surface area contributed by atoms with E-state index in [1.165, 1.54) is 9.75 Å². The summed E-state index contributed by atoms with van der Waals surface area (Å²) in [4.78, 5) is 7.08. The summed E-state index contributed by atoms with van der Waals surface area (Å²) in [5.41, 5.74) is 0.